The molecule has 3 nitrogen and oxygen atoms in total. The number of fused-ring (bicyclic) bond motifs is 1. The van der Waals surface area contributed by atoms with Crippen LogP contribution in [-0.2, 0) is 21.2 Å². The van der Waals surface area contributed by atoms with Crippen LogP contribution in [0.25, 0.3) is 10.9 Å². The number of nitrogens with zero attached hydrogens (tertiary/aromatic N) is 1. The summed E-state index contributed by atoms with van der Waals surface area (Å²) < 4.78 is 27.5. The fourth-order valence-electron chi connectivity index (χ4n) is 2.59. The standard InChI is InChI=1S/C16H13BrClNO2S/c17-10-14-13-8-4-5-9-15(13)19(16(14)11-18)22(20,21)12-6-2-1-3-7-12/h1-9H,10-11H2. The lowest BCUT2D eigenvalue weighted by Crippen LogP contribution is -2.15. The first-order valence-electron chi connectivity index (χ1n) is 6.65. The van der Waals surface area contributed by atoms with E-state index in [1.54, 1.807) is 36.4 Å². The summed E-state index contributed by atoms with van der Waals surface area (Å²) >= 11 is 9.51. The maximum Gasteiger partial charge on any atom is 0.268 e. The van der Waals surface area contributed by atoms with Crippen molar-refractivity contribution in [1.82, 2.24) is 3.97 Å². The van der Waals surface area contributed by atoms with Crippen LogP contribution < -0.4 is 0 Å². The highest BCUT2D eigenvalue weighted by molar-refractivity contribution is 9.08. The van der Waals surface area contributed by atoms with E-state index in [1.807, 2.05) is 18.2 Å². The van der Waals surface area contributed by atoms with Crippen LogP contribution in [0.1, 0.15) is 11.3 Å². The molecule has 0 radical (unpaired) electrons. The highest BCUT2D eigenvalue weighted by Crippen LogP contribution is 2.32. The summed E-state index contributed by atoms with van der Waals surface area (Å²) in [5, 5.41) is 1.45. The second-order valence-electron chi connectivity index (χ2n) is 4.79. The molecule has 0 saturated carbocycles. The predicted molar refractivity (Wildman–Crippen MR) is 93.2 cm³/mol. The SMILES string of the molecule is O=S(=O)(c1ccccc1)n1c(CCl)c(CBr)c2ccccc21. The van der Waals surface area contributed by atoms with E-state index in [-0.39, 0.29) is 10.8 Å². The lowest BCUT2D eigenvalue weighted by molar-refractivity contribution is 0.587. The Balaban J connectivity index is 2.41. The minimum atomic E-state index is -3.69. The van der Waals surface area contributed by atoms with Gasteiger partial charge in [0.15, 0.2) is 0 Å². The largest absolute Gasteiger partial charge is 0.268 e. The van der Waals surface area contributed by atoms with Crippen LogP contribution in [0.5, 0.6) is 0 Å². The van der Waals surface area contributed by atoms with Gasteiger partial charge in [-0.05, 0) is 23.8 Å². The van der Waals surface area contributed by atoms with Crippen molar-refractivity contribution in [2.75, 3.05) is 0 Å². The maximum absolute atomic E-state index is 13.0. The molecule has 0 atom stereocenters. The third kappa shape index (κ3) is 2.37. The summed E-state index contributed by atoms with van der Waals surface area (Å²) in [5.41, 5.74) is 2.16. The van der Waals surface area contributed by atoms with Crippen molar-refractivity contribution in [2.24, 2.45) is 0 Å². The number of hydrogen-bond acceptors (Lipinski definition) is 2. The van der Waals surface area contributed by atoms with Gasteiger partial charge in [0.2, 0.25) is 0 Å². The molecule has 0 unspecified atom stereocenters. The van der Waals surface area contributed by atoms with Crippen molar-refractivity contribution in [3.8, 4) is 0 Å². The second-order valence-corrected chi connectivity index (χ2v) is 7.41. The first-order valence-corrected chi connectivity index (χ1v) is 9.74. The molecule has 22 heavy (non-hydrogen) atoms. The van der Waals surface area contributed by atoms with Gasteiger partial charge >= 0.3 is 0 Å². The van der Waals surface area contributed by atoms with Crippen molar-refractivity contribution >= 4 is 48.5 Å². The highest BCUT2D eigenvalue weighted by atomic mass is 79.9. The summed E-state index contributed by atoms with van der Waals surface area (Å²) in [4.78, 5) is 0.253. The number of para-hydroxylation sites is 1. The Hall–Kier alpha value is -1.30. The quantitative estimate of drug-likeness (QED) is 0.606. The minimum Gasteiger partial charge on any atom is -0.236 e. The minimum absolute atomic E-state index is 0.127. The van der Waals surface area contributed by atoms with Gasteiger partial charge in [0, 0.05) is 10.7 Å². The van der Waals surface area contributed by atoms with Crippen molar-refractivity contribution in [1.29, 1.82) is 0 Å². The molecule has 0 aliphatic rings. The maximum atomic E-state index is 13.0. The molecular formula is C16H13BrClNO2S. The predicted octanol–water partition coefficient (Wildman–Crippen LogP) is 4.51. The second kappa shape index (κ2) is 6.07. The molecule has 0 amide bonds. The number of alkyl halides is 2. The van der Waals surface area contributed by atoms with Gasteiger partial charge in [-0.2, -0.15) is 0 Å². The Morgan fingerprint density at radius 3 is 2.27 bits per heavy atom. The van der Waals surface area contributed by atoms with Gasteiger partial charge in [0.25, 0.3) is 10.0 Å². The monoisotopic (exact) mass is 397 g/mol. The first-order chi connectivity index (χ1) is 10.6. The zero-order chi connectivity index (χ0) is 15.7. The zero-order valence-corrected chi connectivity index (χ0v) is 14.7. The molecule has 0 bridgehead atoms. The van der Waals surface area contributed by atoms with E-state index in [0.29, 0.717) is 16.5 Å². The lowest BCUT2D eigenvalue weighted by Gasteiger charge is -2.11. The van der Waals surface area contributed by atoms with Crippen LogP contribution in [0.3, 0.4) is 0 Å². The van der Waals surface area contributed by atoms with E-state index < -0.39 is 10.0 Å². The van der Waals surface area contributed by atoms with Crippen LogP contribution in [0.4, 0.5) is 0 Å². The molecule has 2 aromatic carbocycles. The average Bonchev–Trinajstić information content (AvgIpc) is 2.89. The Labute approximate surface area is 142 Å². The van der Waals surface area contributed by atoms with Crippen molar-refractivity contribution in [3.05, 3.63) is 65.9 Å². The fraction of sp³-hybridized carbons (Fsp3) is 0.125. The highest BCUT2D eigenvalue weighted by Gasteiger charge is 2.25. The molecule has 0 saturated heterocycles. The van der Waals surface area contributed by atoms with E-state index in [9.17, 15) is 8.42 Å². The van der Waals surface area contributed by atoms with Crippen LogP contribution in [-0.4, -0.2) is 12.4 Å². The molecule has 3 rings (SSSR count). The summed E-state index contributed by atoms with van der Waals surface area (Å²) in [7, 11) is -3.69. The topological polar surface area (TPSA) is 39.1 Å². The Kier molecular flexibility index (Phi) is 4.30. The molecule has 114 valence electrons. The van der Waals surface area contributed by atoms with Gasteiger partial charge in [-0.15, -0.1) is 11.6 Å². The molecular weight excluding hydrogens is 386 g/mol. The Morgan fingerprint density at radius 1 is 1.00 bits per heavy atom. The Morgan fingerprint density at radius 2 is 1.64 bits per heavy atom. The molecule has 0 spiro atoms. The van der Waals surface area contributed by atoms with E-state index in [1.165, 1.54) is 3.97 Å². The van der Waals surface area contributed by atoms with E-state index in [0.717, 1.165) is 10.9 Å². The van der Waals surface area contributed by atoms with Crippen molar-refractivity contribution in [3.63, 3.8) is 0 Å². The summed E-state index contributed by atoms with van der Waals surface area (Å²) in [6, 6.07) is 15.8. The molecule has 0 aliphatic heterocycles. The normalized spacial score (nSPS) is 11.9. The Bertz CT molecular complexity index is 920. The summed E-state index contributed by atoms with van der Waals surface area (Å²) in [5.74, 6) is 0.127. The van der Waals surface area contributed by atoms with Gasteiger partial charge < -0.3 is 0 Å². The van der Waals surface area contributed by atoms with E-state index in [4.69, 9.17) is 11.6 Å². The van der Waals surface area contributed by atoms with Gasteiger partial charge in [-0.3, -0.25) is 0 Å². The van der Waals surface area contributed by atoms with E-state index >= 15 is 0 Å². The zero-order valence-electron chi connectivity index (χ0n) is 11.5. The summed E-state index contributed by atoms with van der Waals surface area (Å²) in [6.07, 6.45) is 0. The molecule has 1 aromatic heterocycles. The van der Waals surface area contributed by atoms with Crippen molar-refractivity contribution in [2.45, 2.75) is 16.1 Å². The van der Waals surface area contributed by atoms with Crippen LogP contribution in [0, 0.1) is 0 Å². The van der Waals surface area contributed by atoms with Crippen LogP contribution >= 0.6 is 27.5 Å². The summed E-state index contributed by atoms with van der Waals surface area (Å²) in [6.45, 7) is 0. The van der Waals surface area contributed by atoms with Gasteiger partial charge in [0.05, 0.1) is 22.0 Å². The van der Waals surface area contributed by atoms with Crippen LogP contribution in [0.2, 0.25) is 0 Å². The number of hydrogen-bond donors (Lipinski definition) is 0. The third-order valence-corrected chi connectivity index (χ3v) is 6.16. The number of aromatic nitrogens is 1. The van der Waals surface area contributed by atoms with Gasteiger partial charge in [-0.1, -0.05) is 52.3 Å². The van der Waals surface area contributed by atoms with Crippen LogP contribution in [0.15, 0.2) is 59.5 Å². The number of benzene rings is 2. The van der Waals surface area contributed by atoms with Gasteiger partial charge in [-0.25, -0.2) is 12.4 Å². The smallest absolute Gasteiger partial charge is 0.236 e. The average molecular weight is 399 g/mol. The van der Waals surface area contributed by atoms with Gasteiger partial charge in [0.1, 0.15) is 0 Å². The molecule has 6 heteroatoms. The molecule has 1 heterocycles. The number of rotatable bonds is 4. The fourth-order valence-corrected chi connectivity index (χ4v) is 5.16. The molecule has 0 fully saturated rings. The lowest BCUT2D eigenvalue weighted by atomic mass is 10.2. The number of halogens is 2. The first kappa shape index (κ1) is 15.6. The molecule has 0 aliphatic carbocycles. The van der Waals surface area contributed by atoms with E-state index in [2.05, 4.69) is 15.9 Å². The molecule has 0 N–H and O–H groups in total. The third-order valence-electron chi connectivity index (χ3n) is 3.58. The molecule has 3 aromatic rings. The van der Waals surface area contributed by atoms with Crippen molar-refractivity contribution < 1.29 is 8.42 Å².